The summed E-state index contributed by atoms with van der Waals surface area (Å²) in [5.74, 6) is -9.36. The van der Waals surface area contributed by atoms with E-state index in [2.05, 4.69) is 0 Å². The van der Waals surface area contributed by atoms with Gasteiger partial charge in [-0.05, 0) is 50.2 Å². The van der Waals surface area contributed by atoms with Crippen LogP contribution in [0.15, 0.2) is 59.7 Å². The molecule has 4 amide bonds. The van der Waals surface area contributed by atoms with E-state index in [1.54, 1.807) is 13.8 Å². The average Bonchev–Trinajstić information content (AvgIpc) is 3.39. The minimum Gasteiger partial charge on any atom is -0.733 e. The van der Waals surface area contributed by atoms with Crippen LogP contribution in [0.1, 0.15) is 20.8 Å². The fourth-order valence-corrected chi connectivity index (χ4v) is 7.82. The number of anilines is 4. The quantitative estimate of drug-likeness (QED) is 0.284. The highest BCUT2D eigenvalue weighted by atomic mass is 16.8. The molecule has 0 aromatic heterocycles. The number of nitrogens with zero attached hydrogens (tertiary/aromatic N) is 4. The first-order chi connectivity index (χ1) is 20.4. The second-order valence-corrected chi connectivity index (χ2v) is 11.2. The van der Waals surface area contributed by atoms with Gasteiger partial charge in [0.1, 0.15) is 0 Å². The second-order valence-electron chi connectivity index (χ2n) is 11.2. The zero-order chi connectivity index (χ0) is 31.1. The fourth-order valence-electron chi connectivity index (χ4n) is 7.82. The molecular weight excluding hydrogens is 564 g/mol. The molecule has 0 radical (unpaired) electrons. The Bertz CT molecular complexity index is 1540. The third kappa shape index (κ3) is 3.70. The molecular formula is C29H26N4O10-2. The highest BCUT2D eigenvalue weighted by Crippen LogP contribution is 2.68. The van der Waals surface area contributed by atoms with Crippen LogP contribution >= 0.6 is 0 Å². The molecule has 3 aliphatic carbocycles. The molecule has 7 rings (SSSR count). The molecule has 2 unspecified atom stereocenters. The minimum atomic E-state index is -1.66. The monoisotopic (exact) mass is 590 g/mol. The largest absolute Gasteiger partial charge is 0.733 e. The van der Waals surface area contributed by atoms with Gasteiger partial charge in [-0.25, -0.2) is 14.6 Å². The molecule has 2 aliphatic heterocycles. The van der Waals surface area contributed by atoms with Gasteiger partial charge in [0.15, 0.2) is 0 Å². The lowest BCUT2D eigenvalue weighted by Gasteiger charge is -2.55. The Kier molecular flexibility index (Phi) is 6.43. The number of ether oxygens (including phenoxy) is 1. The fraction of sp³-hybridized carbons (Fsp3) is 0.345. The maximum Gasteiger partial charge on any atom is 0.334 e. The molecule has 14 nitrogen and oxygen atoms in total. The molecule has 2 aromatic carbocycles. The van der Waals surface area contributed by atoms with Crippen molar-refractivity contribution in [2.75, 3.05) is 26.9 Å². The lowest BCUT2D eigenvalue weighted by atomic mass is 9.43. The van der Waals surface area contributed by atoms with Gasteiger partial charge in [-0.3, -0.25) is 29.6 Å². The number of imide groups is 2. The van der Waals surface area contributed by atoms with Crippen molar-refractivity contribution in [1.29, 1.82) is 0 Å². The molecule has 2 aromatic rings. The minimum absolute atomic E-state index is 0.00237. The molecule has 2 N–H and O–H groups in total. The van der Waals surface area contributed by atoms with E-state index in [1.165, 1.54) is 43.3 Å². The molecule has 2 bridgehead atoms. The van der Waals surface area contributed by atoms with Crippen molar-refractivity contribution in [2.45, 2.75) is 20.8 Å². The summed E-state index contributed by atoms with van der Waals surface area (Å²) in [6, 6.07) is 10.4. The van der Waals surface area contributed by atoms with E-state index in [4.69, 9.17) is 4.74 Å². The van der Waals surface area contributed by atoms with E-state index >= 15 is 0 Å². The van der Waals surface area contributed by atoms with Crippen molar-refractivity contribution >= 4 is 52.3 Å². The summed E-state index contributed by atoms with van der Waals surface area (Å²) >= 11 is 0. The molecule has 5 aliphatic rings. The van der Waals surface area contributed by atoms with E-state index in [0.29, 0.717) is 5.57 Å². The standard InChI is InChI=1S/C29H26N4O10/c1-4-43-28(38)21-13(2)18-19-22(26(36)30(24(19)34)14-7-5-9-16(11-14)32(39)40)29(21,3)23-20(18)25(35)31(27(23)37)15-8-6-10-17(12-15)33(41)42/h5-12,18-20,22-23,39,41H,4H2,1-3H3/q-2/t18?,19-,20-,22-,23+,29?/m1/s1. The van der Waals surface area contributed by atoms with Crippen molar-refractivity contribution in [3.05, 3.63) is 70.1 Å². The van der Waals surface area contributed by atoms with Gasteiger partial charge in [-0.2, -0.15) is 0 Å². The predicted octanol–water partition coefficient (Wildman–Crippen LogP) is 2.51. The highest BCUT2D eigenvalue weighted by molar-refractivity contribution is 6.27. The Morgan fingerprint density at radius 1 is 0.837 bits per heavy atom. The van der Waals surface area contributed by atoms with Gasteiger partial charge < -0.3 is 25.6 Å². The van der Waals surface area contributed by atoms with Crippen LogP contribution in [0.3, 0.4) is 0 Å². The van der Waals surface area contributed by atoms with Crippen molar-refractivity contribution in [2.24, 2.45) is 35.0 Å². The number of amides is 4. The van der Waals surface area contributed by atoms with Crippen LogP contribution in [0, 0.1) is 45.4 Å². The van der Waals surface area contributed by atoms with Crippen LogP contribution in [0.4, 0.5) is 22.7 Å². The number of hydrogen-bond donors (Lipinski definition) is 2. The normalized spacial score (nSPS) is 29.3. The van der Waals surface area contributed by atoms with Gasteiger partial charge in [0.25, 0.3) is 0 Å². The van der Waals surface area contributed by atoms with E-state index < -0.39 is 75.1 Å². The van der Waals surface area contributed by atoms with E-state index in [-0.39, 0.29) is 34.9 Å². The van der Waals surface area contributed by atoms with E-state index in [9.17, 15) is 44.8 Å². The Balaban J connectivity index is 1.52. The number of rotatable bonds is 6. The van der Waals surface area contributed by atoms with Gasteiger partial charge in [0, 0.05) is 16.9 Å². The summed E-state index contributed by atoms with van der Waals surface area (Å²) < 4.78 is 5.35. The summed E-state index contributed by atoms with van der Waals surface area (Å²) in [5, 5.41) is 41.0. The molecule has 3 fully saturated rings. The summed E-state index contributed by atoms with van der Waals surface area (Å²) in [6.07, 6.45) is 0. The predicted molar refractivity (Wildman–Crippen MR) is 148 cm³/mol. The first-order valence-corrected chi connectivity index (χ1v) is 13.5. The Morgan fingerprint density at radius 2 is 1.28 bits per heavy atom. The number of hydrogen-bond acceptors (Lipinski definition) is 12. The van der Waals surface area contributed by atoms with Crippen molar-refractivity contribution < 1.29 is 39.1 Å². The molecule has 6 atom stereocenters. The number of allylic oxidation sites excluding steroid dienone is 1. The molecule has 1 saturated carbocycles. The maximum absolute atomic E-state index is 14.2. The van der Waals surface area contributed by atoms with Gasteiger partial charge >= 0.3 is 5.97 Å². The smallest absolute Gasteiger partial charge is 0.334 e. The second kappa shape index (κ2) is 9.70. The molecule has 2 saturated heterocycles. The zero-order valence-corrected chi connectivity index (χ0v) is 23.2. The lowest BCUT2D eigenvalue weighted by Crippen LogP contribution is -2.61. The van der Waals surface area contributed by atoms with E-state index in [1.807, 2.05) is 0 Å². The van der Waals surface area contributed by atoms with Crippen LogP contribution < -0.4 is 20.3 Å². The van der Waals surface area contributed by atoms with Crippen molar-refractivity contribution in [3.63, 3.8) is 0 Å². The number of esters is 1. The maximum atomic E-state index is 14.2. The van der Waals surface area contributed by atoms with Gasteiger partial charge in [-0.1, -0.05) is 24.6 Å². The summed E-state index contributed by atoms with van der Waals surface area (Å²) in [6.45, 7) is 4.70. The van der Waals surface area contributed by atoms with Crippen LogP contribution in [0.2, 0.25) is 0 Å². The van der Waals surface area contributed by atoms with Gasteiger partial charge in [0.2, 0.25) is 23.6 Å². The first-order valence-electron chi connectivity index (χ1n) is 13.5. The average molecular weight is 591 g/mol. The topological polar surface area (TPSA) is 194 Å². The Hall–Kier alpha value is -4.63. The van der Waals surface area contributed by atoms with Gasteiger partial charge in [0.05, 0.1) is 53.0 Å². The number of carbonyl (C=O) groups excluding carboxylic acids is 5. The number of carbonyl (C=O) groups is 5. The lowest BCUT2D eigenvalue weighted by molar-refractivity contribution is -0.155. The highest BCUT2D eigenvalue weighted by Gasteiger charge is 2.77. The van der Waals surface area contributed by atoms with Crippen LogP contribution in [0.25, 0.3) is 0 Å². The molecule has 0 spiro atoms. The first kappa shape index (κ1) is 28.5. The van der Waals surface area contributed by atoms with Crippen LogP contribution in [-0.4, -0.2) is 46.6 Å². The summed E-state index contributed by atoms with van der Waals surface area (Å²) in [5.41, 5.74) is -1.71. The molecule has 14 heteroatoms. The van der Waals surface area contributed by atoms with Crippen LogP contribution in [0.5, 0.6) is 0 Å². The number of benzene rings is 2. The third-order valence-electron chi connectivity index (χ3n) is 9.30. The summed E-state index contributed by atoms with van der Waals surface area (Å²) in [4.78, 5) is 71.8. The van der Waals surface area contributed by atoms with Crippen LogP contribution in [-0.2, 0) is 28.7 Å². The Labute approximate surface area is 244 Å². The molecule has 2 heterocycles. The SMILES string of the molecule is CCOC(=O)C1=C(C)C2[C@H]3C(=O)N(c4cccc(N([O-])O)c4)C(=O)[C@H]3C1(C)[C@H]1C(=O)N(c3cccc(N([O-])O)c3)C(=O)[C@H]21. The van der Waals surface area contributed by atoms with Gasteiger partial charge in [-0.15, -0.1) is 0 Å². The van der Waals surface area contributed by atoms with E-state index in [0.717, 1.165) is 21.9 Å². The zero-order valence-electron chi connectivity index (χ0n) is 23.2. The molecule has 224 valence electrons. The van der Waals surface area contributed by atoms with Crippen molar-refractivity contribution in [3.8, 4) is 0 Å². The molecule has 43 heavy (non-hydrogen) atoms. The Morgan fingerprint density at radius 3 is 1.67 bits per heavy atom. The third-order valence-corrected chi connectivity index (χ3v) is 9.30. The summed E-state index contributed by atoms with van der Waals surface area (Å²) in [7, 11) is 0. The van der Waals surface area contributed by atoms with Crippen molar-refractivity contribution in [1.82, 2.24) is 0 Å².